The van der Waals surface area contributed by atoms with Crippen LogP contribution < -0.4 is 5.32 Å². The zero-order valence-corrected chi connectivity index (χ0v) is 9.97. The van der Waals surface area contributed by atoms with Gasteiger partial charge in [0, 0.05) is 17.5 Å². The van der Waals surface area contributed by atoms with Crippen LogP contribution in [0.3, 0.4) is 0 Å². The van der Waals surface area contributed by atoms with Crippen LogP contribution in [0.5, 0.6) is 0 Å². The number of nitrogens with one attached hydrogen (secondary N) is 1. The van der Waals surface area contributed by atoms with Crippen LogP contribution in [0, 0.1) is 5.41 Å². The second-order valence-corrected chi connectivity index (χ2v) is 4.86. The lowest BCUT2D eigenvalue weighted by molar-refractivity contribution is -0.138. The highest BCUT2D eigenvalue weighted by molar-refractivity contribution is 6.02. The van der Waals surface area contributed by atoms with E-state index in [0.29, 0.717) is 19.5 Å². The summed E-state index contributed by atoms with van der Waals surface area (Å²) in [4.78, 5) is 12.3. The summed E-state index contributed by atoms with van der Waals surface area (Å²) in [6.07, 6.45) is -3.92. The Balaban J connectivity index is 2.42. The van der Waals surface area contributed by atoms with Gasteiger partial charge in [-0.05, 0) is 19.0 Å². The molecule has 1 aliphatic rings. The Morgan fingerprint density at radius 1 is 1.33 bits per heavy atom. The highest BCUT2D eigenvalue weighted by atomic mass is 19.4. The van der Waals surface area contributed by atoms with E-state index >= 15 is 0 Å². The van der Waals surface area contributed by atoms with E-state index in [1.165, 1.54) is 18.2 Å². The van der Waals surface area contributed by atoms with Crippen molar-refractivity contribution in [3.8, 4) is 0 Å². The van der Waals surface area contributed by atoms with E-state index in [0.717, 1.165) is 6.07 Å². The van der Waals surface area contributed by atoms with E-state index in [1.54, 1.807) is 6.92 Å². The molecule has 0 aromatic heterocycles. The number of carbonyl (C=O) groups excluding carboxylic acids is 1. The van der Waals surface area contributed by atoms with Crippen molar-refractivity contribution < 1.29 is 18.0 Å². The summed E-state index contributed by atoms with van der Waals surface area (Å²) in [5.41, 5.74) is -1.80. The first-order valence-corrected chi connectivity index (χ1v) is 5.76. The molecule has 1 aliphatic heterocycles. The molecule has 0 aliphatic carbocycles. The maximum Gasteiger partial charge on any atom is 0.417 e. The average Bonchev–Trinajstić information content (AvgIpc) is 2.75. The second-order valence-electron chi connectivity index (χ2n) is 4.86. The van der Waals surface area contributed by atoms with Gasteiger partial charge in [-0.25, -0.2) is 0 Å². The minimum absolute atomic E-state index is 0.226. The zero-order valence-electron chi connectivity index (χ0n) is 9.97. The van der Waals surface area contributed by atoms with E-state index in [-0.39, 0.29) is 5.56 Å². The van der Waals surface area contributed by atoms with E-state index < -0.39 is 22.9 Å². The maximum atomic E-state index is 12.9. The zero-order chi connectivity index (χ0) is 13.4. The van der Waals surface area contributed by atoms with Gasteiger partial charge in [-0.15, -0.1) is 0 Å². The van der Waals surface area contributed by atoms with Crippen molar-refractivity contribution in [3.63, 3.8) is 0 Å². The van der Waals surface area contributed by atoms with Crippen molar-refractivity contribution in [1.29, 1.82) is 0 Å². The van der Waals surface area contributed by atoms with Crippen molar-refractivity contribution in [3.05, 3.63) is 35.4 Å². The molecule has 0 spiro atoms. The number of rotatable bonds is 2. The molecular weight excluding hydrogens is 243 g/mol. The van der Waals surface area contributed by atoms with Crippen molar-refractivity contribution in [2.75, 3.05) is 13.1 Å². The predicted octanol–water partition coefficient (Wildman–Crippen LogP) is 2.89. The van der Waals surface area contributed by atoms with Gasteiger partial charge in [0.15, 0.2) is 5.78 Å². The number of hydrogen-bond donors (Lipinski definition) is 1. The van der Waals surface area contributed by atoms with Gasteiger partial charge >= 0.3 is 6.18 Å². The molecule has 2 rings (SSSR count). The lowest BCUT2D eigenvalue weighted by atomic mass is 9.80. The molecule has 1 fully saturated rings. The summed E-state index contributed by atoms with van der Waals surface area (Å²) >= 11 is 0. The summed E-state index contributed by atoms with van der Waals surface area (Å²) in [5.74, 6) is -0.430. The van der Waals surface area contributed by atoms with Crippen LogP contribution in [0.1, 0.15) is 29.3 Å². The van der Waals surface area contributed by atoms with Crippen LogP contribution in [0.15, 0.2) is 24.3 Å². The normalized spacial score (nSPS) is 24.2. The number of halogens is 3. The molecule has 1 saturated heterocycles. The Kier molecular flexibility index (Phi) is 3.19. The highest BCUT2D eigenvalue weighted by Crippen LogP contribution is 2.36. The second kappa shape index (κ2) is 4.39. The molecule has 1 aromatic rings. The highest BCUT2D eigenvalue weighted by Gasteiger charge is 2.41. The quantitative estimate of drug-likeness (QED) is 0.825. The van der Waals surface area contributed by atoms with Gasteiger partial charge in [0.05, 0.1) is 5.56 Å². The molecule has 1 heterocycles. The Hall–Kier alpha value is -1.36. The molecule has 0 radical (unpaired) electrons. The minimum Gasteiger partial charge on any atom is -0.316 e. The molecule has 1 aromatic carbocycles. The molecule has 1 atom stereocenters. The summed E-state index contributed by atoms with van der Waals surface area (Å²) < 4.78 is 38.6. The fraction of sp³-hybridized carbons (Fsp3) is 0.462. The Labute approximate surface area is 103 Å². The fourth-order valence-electron chi connectivity index (χ4n) is 2.26. The molecular formula is C13H14F3NO. The van der Waals surface area contributed by atoms with Gasteiger partial charge in [-0.3, -0.25) is 4.79 Å². The number of alkyl halides is 3. The molecule has 1 unspecified atom stereocenters. The fourth-order valence-corrected chi connectivity index (χ4v) is 2.26. The third kappa shape index (κ3) is 2.27. The van der Waals surface area contributed by atoms with Crippen molar-refractivity contribution in [2.24, 2.45) is 5.41 Å². The SMILES string of the molecule is CC1(C(=O)c2ccccc2C(F)(F)F)CCNC1. The van der Waals surface area contributed by atoms with Crippen LogP contribution in [0.4, 0.5) is 13.2 Å². The predicted molar refractivity (Wildman–Crippen MR) is 61.4 cm³/mol. The molecule has 2 nitrogen and oxygen atoms in total. The summed E-state index contributed by atoms with van der Waals surface area (Å²) in [6.45, 7) is 2.80. The average molecular weight is 257 g/mol. The largest absolute Gasteiger partial charge is 0.417 e. The van der Waals surface area contributed by atoms with Gasteiger partial charge in [-0.2, -0.15) is 13.2 Å². The van der Waals surface area contributed by atoms with Crippen LogP contribution in [0.2, 0.25) is 0 Å². The summed E-state index contributed by atoms with van der Waals surface area (Å²) in [5, 5.41) is 3.02. The molecule has 1 N–H and O–H groups in total. The molecule has 98 valence electrons. The van der Waals surface area contributed by atoms with E-state index in [1.807, 2.05) is 0 Å². The standard InChI is InChI=1S/C13H14F3NO/c1-12(6-7-17-8-12)11(18)9-4-2-3-5-10(9)13(14,15)16/h2-5,17H,6-8H2,1H3. The van der Waals surface area contributed by atoms with Gasteiger partial charge in [-0.1, -0.05) is 25.1 Å². The maximum absolute atomic E-state index is 12.9. The molecule has 0 amide bonds. The van der Waals surface area contributed by atoms with Crippen LogP contribution in [-0.4, -0.2) is 18.9 Å². The molecule has 0 bridgehead atoms. The molecule has 18 heavy (non-hydrogen) atoms. The van der Waals surface area contributed by atoms with Gasteiger partial charge in [0.1, 0.15) is 0 Å². The number of benzene rings is 1. The molecule has 5 heteroatoms. The first-order valence-electron chi connectivity index (χ1n) is 5.76. The van der Waals surface area contributed by atoms with E-state index in [2.05, 4.69) is 5.32 Å². The van der Waals surface area contributed by atoms with Gasteiger partial charge in [0.25, 0.3) is 0 Å². The van der Waals surface area contributed by atoms with Crippen molar-refractivity contribution in [1.82, 2.24) is 5.32 Å². The first kappa shape index (κ1) is 13.1. The third-order valence-corrected chi connectivity index (χ3v) is 3.39. The number of hydrogen-bond acceptors (Lipinski definition) is 2. The molecule has 0 saturated carbocycles. The van der Waals surface area contributed by atoms with Gasteiger partial charge in [0.2, 0.25) is 0 Å². The number of carbonyl (C=O) groups is 1. The number of Topliss-reactive ketones (excluding diaryl/α,β-unsaturated/α-hetero) is 1. The lowest BCUT2D eigenvalue weighted by Crippen LogP contribution is -2.31. The van der Waals surface area contributed by atoms with Crippen molar-refractivity contribution >= 4 is 5.78 Å². The van der Waals surface area contributed by atoms with Crippen LogP contribution in [-0.2, 0) is 6.18 Å². The monoisotopic (exact) mass is 257 g/mol. The van der Waals surface area contributed by atoms with E-state index in [4.69, 9.17) is 0 Å². The number of ketones is 1. The van der Waals surface area contributed by atoms with Crippen LogP contribution >= 0.6 is 0 Å². The van der Waals surface area contributed by atoms with E-state index in [9.17, 15) is 18.0 Å². The Morgan fingerprint density at radius 2 is 2.00 bits per heavy atom. The summed E-state index contributed by atoms with van der Waals surface area (Å²) in [7, 11) is 0. The van der Waals surface area contributed by atoms with Crippen LogP contribution in [0.25, 0.3) is 0 Å². The third-order valence-electron chi connectivity index (χ3n) is 3.39. The minimum atomic E-state index is -4.49. The van der Waals surface area contributed by atoms with Crippen molar-refractivity contribution in [2.45, 2.75) is 19.5 Å². The first-order chi connectivity index (χ1) is 8.34. The van der Waals surface area contributed by atoms with Gasteiger partial charge < -0.3 is 5.32 Å². The topological polar surface area (TPSA) is 29.1 Å². The smallest absolute Gasteiger partial charge is 0.316 e. The summed E-state index contributed by atoms with van der Waals surface area (Å²) in [6, 6.07) is 4.98. The Bertz CT molecular complexity index is 462. The lowest BCUT2D eigenvalue weighted by Gasteiger charge is -2.23. The Morgan fingerprint density at radius 3 is 2.56 bits per heavy atom.